The fraction of sp³-hybridized carbons (Fsp3) is 0.667. The van der Waals surface area contributed by atoms with Crippen LogP contribution in [0, 0.1) is 5.92 Å². The molecule has 4 rings (SSSR count). The summed E-state index contributed by atoms with van der Waals surface area (Å²) in [5.74, 6) is 1.60. The summed E-state index contributed by atoms with van der Waals surface area (Å²) in [6, 6.07) is 7.12. The Morgan fingerprint density at radius 3 is 2.06 bits per heavy atom. The number of nitrogens with one attached hydrogen (secondary N) is 1. The summed E-state index contributed by atoms with van der Waals surface area (Å²) in [5, 5.41) is 7.80. The van der Waals surface area contributed by atoms with E-state index in [1.165, 1.54) is 43.2 Å². The summed E-state index contributed by atoms with van der Waals surface area (Å²) in [7, 11) is 0. The van der Waals surface area contributed by atoms with E-state index in [9.17, 15) is 4.79 Å². The lowest BCUT2D eigenvalue weighted by Crippen LogP contribution is -2.26. The second-order valence-electron chi connectivity index (χ2n) is 12.0. The fourth-order valence-corrected chi connectivity index (χ4v) is 4.49. The Morgan fingerprint density at radius 1 is 0.938 bits per heavy atom. The van der Waals surface area contributed by atoms with Crippen LogP contribution >= 0.6 is 0 Å². The minimum Gasteiger partial charge on any atom is -0.347 e. The molecule has 0 saturated heterocycles. The van der Waals surface area contributed by atoms with Gasteiger partial charge in [-0.3, -0.25) is 4.79 Å². The molecular weight excluding hydrogens is 396 g/mol. The Hall–Kier alpha value is -2.17. The van der Waals surface area contributed by atoms with Crippen molar-refractivity contribution in [1.29, 1.82) is 0 Å². The first-order valence-electron chi connectivity index (χ1n) is 12.4. The zero-order chi connectivity index (χ0) is 23.1. The number of aromatic nitrogens is 3. The maximum atomic E-state index is 12.8. The number of benzene rings is 1. The summed E-state index contributed by atoms with van der Waals surface area (Å²) >= 11 is 0. The zero-order valence-electron chi connectivity index (χ0n) is 20.8. The van der Waals surface area contributed by atoms with Gasteiger partial charge in [-0.15, -0.1) is 5.10 Å². The van der Waals surface area contributed by atoms with Crippen LogP contribution in [-0.4, -0.2) is 26.7 Å². The van der Waals surface area contributed by atoms with Crippen LogP contribution in [0.5, 0.6) is 0 Å². The Morgan fingerprint density at radius 2 is 1.53 bits per heavy atom. The van der Waals surface area contributed by atoms with Crippen LogP contribution in [0.15, 0.2) is 18.2 Å². The lowest BCUT2D eigenvalue weighted by atomic mass is 9.79. The van der Waals surface area contributed by atoms with Crippen molar-refractivity contribution >= 4 is 5.91 Å². The van der Waals surface area contributed by atoms with E-state index in [0.29, 0.717) is 17.8 Å². The molecule has 1 amide bonds. The van der Waals surface area contributed by atoms with Crippen LogP contribution in [0.4, 0.5) is 0 Å². The standard InChI is InChI=1S/C27H40N4O/c1-26(2,3)20-14-19(15-21(16-20)27(4,5)6)24-29-23(25(32)28-22-12-13-22)30-31(24)17-18-10-8-7-9-11-18/h14-16,18,22H,7-13,17H2,1-6H3,(H,28,32). The number of hydrogen-bond donors (Lipinski definition) is 1. The largest absolute Gasteiger partial charge is 0.347 e. The van der Waals surface area contributed by atoms with Crippen molar-refractivity contribution in [2.45, 2.75) is 110 Å². The zero-order valence-corrected chi connectivity index (χ0v) is 20.8. The van der Waals surface area contributed by atoms with Crippen molar-refractivity contribution in [2.24, 2.45) is 5.92 Å². The van der Waals surface area contributed by atoms with E-state index in [1.54, 1.807) is 0 Å². The number of carbonyl (C=O) groups is 1. The molecule has 32 heavy (non-hydrogen) atoms. The van der Waals surface area contributed by atoms with Crippen molar-refractivity contribution < 1.29 is 4.79 Å². The number of amides is 1. The van der Waals surface area contributed by atoms with Gasteiger partial charge in [0.25, 0.3) is 5.91 Å². The Labute approximate surface area is 193 Å². The van der Waals surface area contributed by atoms with Crippen LogP contribution in [0.2, 0.25) is 0 Å². The molecule has 1 N–H and O–H groups in total. The third kappa shape index (κ3) is 5.41. The van der Waals surface area contributed by atoms with Gasteiger partial charge in [0.1, 0.15) is 0 Å². The summed E-state index contributed by atoms with van der Waals surface area (Å²) in [4.78, 5) is 17.6. The number of hydrogen-bond acceptors (Lipinski definition) is 3. The van der Waals surface area contributed by atoms with Crippen molar-refractivity contribution in [2.75, 3.05) is 0 Å². The van der Waals surface area contributed by atoms with Crippen molar-refractivity contribution in [3.63, 3.8) is 0 Å². The molecule has 0 atom stereocenters. The minimum absolute atomic E-state index is 0.0242. The molecule has 2 aliphatic carbocycles. The quantitative estimate of drug-likeness (QED) is 0.624. The van der Waals surface area contributed by atoms with E-state index in [2.05, 4.69) is 65.1 Å². The van der Waals surface area contributed by atoms with Crippen LogP contribution in [0.25, 0.3) is 11.4 Å². The van der Waals surface area contributed by atoms with E-state index in [4.69, 9.17) is 10.1 Å². The molecule has 1 aromatic heterocycles. The van der Waals surface area contributed by atoms with Gasteiger partial charge in [-0.05, 0) is 65.7 Å². The van der Waals surface area contributed by atoms with Crippen molar-refractivity contribution in [3.8, 4) is 11.4 Å². The lowest BCUT2D eigenvalue weighted by Gasteiger charge is -2.26. The highest BCUT2D eigenvalue weighted by Gasteiger charge is 2.28. The molecule has 2 saturated carbocycles. The van der Waals surface area contributed by atoms with E-state index in [0.717, 1.165) is 30.8 Å². The van der Waals surface area contributed by atoms with Crippen LogP contribution < -0.4 is 5.32 Å². The van der Waals surface area contributed by atoms with Gasteiger partial charge in [0.2, 0.25) is 5.82 Å². The first kappa shape index (κ1) is 23.0. The lowest BCUT2D eigenvalue weighted by molar-refractivity contribution is 0.0940. The van der Waals surface area contributed by atoms with Crippen molar-refractivity contribution in [1.82, 2.24) is 20.1 Å². The molecule has 1 aromatic carbocycles. The van der Waals surface area contributed by atoms with Gasteiger partial charge in [0, 0.05) is 18.2 Å². The topological polar surface area (TPSA) is 59.8 Å². The van der Waals surface area contributed by atoms with E-state index in [1.807, 2.05) is 4.68 Å². The average molecular weight is 437 g/mol. The third-order valence-electron chi connectivity index (χ3n) is 6.87. The molecule has 0 spiro atoms. The Kier molecular flexibility index (Phi) is 6.21. The molecule has 5 heteroatoms. The maximum absolute atomic E-state index is 12.8. The van der Waals surface area contributed by atoms with E-state index >= 15 is 0 Å². The molecule has 0 aliphatic heterocycles. The van der Waals surface area contributed by atoms with E-state index < -0.39 is 0 Å². The van der Waals surface area contributed by atoms with Gasteiger partial charge in [-0.25, -0.2) is 9.67 Å². The molecule has 2 aromatic rings. The normalized spacial score (nSPS) is 18.1. The highest BCUT2D eigenvalue weighted by atomic mass is 16.2. The van der Waals surface area contributed by atoms with Crippen molar-refractivity contribution in [3.05, 3.63) is 35.2 Å². The van der Waals surface area contributed by atoms with E-state index in [-0.39, 0.29) is 16.7 Å². The van der Waals surface area contributed by atoms with Gasteiger partial charge in [-0.2, -0.15) is 0 Å². The molecule has 0 radical (unpaired) electrons. The number of nitrogens with zero attached hydrogens (tertiary/aromatic N) is 3. The molecule has 1 heterocycles. The highest BCUT2D eigenvalue weighted by Crippen LogP contribution is 2.34. The SMILES string of the molecule is CC(C)(C)c1cc(-c2nc(C(=O)NC3CC3)nn2CC2CCCCC2)cc(C(C)(C)C)c1. The maximum Gasteiger partial charge on any atom is 0.291 e. The Balaban J connectivity index is 1.77. The summed E-state index contributed by atoms with van der Waals surface area (Å²) < 4.78 is 2.02. The van der Waals surface area contributed by atoms with Gasteiger partial charge >= 0.3 is 0 Å². The van der Waals surface area contributed by atoms with Gasteiger partial charge in [-0.1, -0.05) is 66.9 Å². The average Bonchev–Trinajstić information content (AvgIpc) is 3.43. The fourth-order valence-electron chi connectivity index (χ4n) is 4.49. The number of rotatable bonds is 5. The molecule has 2 aliphatic rings. The van der Waals surface area contributed by atoms with Gasteiger partial charge in [0.05, 0.1) is 0 Å². The van der Waals surface area contributed by atoms with Crippen LogP contribution in [0.3, 0.4) is 0 Å². The molecular formula is C27H40N4O. The highest BCUT2D eigenvalue weighted by molar-refractivity contribution is 5.91. The van der Waals surface area contributed by atoms with Crippen LogP contribution in [-0.2, 0) is 17.4 Å². The second kappa shape index (κ2) is 8.64. The molecule has 5 nitrogen and oxygen atoms in total. The monoisotopic (exact) mass is 436 g/mol. The first-order chi connectivity index (χ1) is 15.0. The molecule has 174 valence electrons. The van der Waals surface area contributed by atoms with Gasteiger partial charge < -0.3 is 5.32 Å². The summed E-state index contributed by atoms with van der Waals surface area (Å²) in [6.45, 7) is 14.3. The molecule has 0 unspecified atom stereocenters. The number of carbonyl (C=O) groups excluding carboxylic acids is 1. The summed E-state index contributed by atoms with van der Waals surface area (Å²) in [5.41, 5.74) is 3.69. The first-order valence-corrected chi connectivity index (χ1v) is 12.4. The van der Waals surface area contributed by atoms with Gasteiger partial charge in [0.15, 0.2) is 5.82 Å². The predicted octanol–water partition coefficient (Wildman–Crippen LogP) is 6.01. The van der Waals surface area contributed by atoms with Crippen LogP contribution in [0.1, 0.15) is 108 Å². The molecule has 2 fully saturated rings. The minimum atomic E-state index is -0.140. The second-order valence-corrected chi connectivity index (χ2v) is 12.0. The predicted molar refractivity (Wildman–Crippen MR) is 130 cm³/mol. The Bertz CT molecular complexity index is 934. The smallest absolute Gasteiger partial charge is 0.291 e. The summed E-state index contributed by atoms with van der Waals surface area (Å²) in [6.07, 6.45) is 8.50. The molecule has 0 bridgehead atoms. The third-order valence-corrected chi connectivity index (χ3v) is 6.87.